The molecular weight excluding hydrogens is 377 g/mol. The summed E-state index contributed by atoms with van der Waals surface area (Å²) in [7, 11) is 0. The molecule has 10 heteroatoms. The number of anilines is 1. The van der Waals surface area contributed by atoms with E-state index in [1.807, 2.05) is 0 Å². The van der Waals surface area contributed by atoms with E-state index >= 15 is 0 Å². The number of carbonyl (C=O) groups is 1. The molecule has 0 saturated carbocycles. The lowest BCUT2D eigenvalue weighted by Crippen LogP contribution is -2.40. The van der Waals surface area contributed by atoms with Crippen LogP contribution in [0.15, 0.2) is 55.1 Å². The Morgan fingerprint density at radius 2 is 1.96 bits per heavy atom. The average molecular weight is 390 g/mol. The smallest absolute Gasteiger partial charge is 0.416 e. The standard InChI is InChI=1S/C18H13F3N4O3/c19-18(20,21)11-5-6-13(25-10-22-9-23-25)12(7-11)24-17(26)16-8-27-14-3-1-2-4-15(14)28-16/h1-7,9-10,16H,8H2,(H,24,26)/t16-/m0/s1. The number of amides is 1. The third-order valence-corrected chi connectivity index (χ3v) is 4.05. The maximum atomic E-state index is 13.1. The number of halogens is 3. The van der Waals surface area contributed by atoms with Crippen LogP contribution in [-0.4, -0.2) is 33.4 Å². The van der Waals surface area contributed by atoms with Crippen LogP contribution in [0, 0.1) is 0 Å². The van der Waals surface area contributed by atoms with Crippen LogP contribution >= 0.6 is 0 Å². The van der Waals surface area contributed by atoms with Crippen molar-refractivity contribution in [2.75, 3.05) is 11.9 Å². The Morgan fingerprint density at radius 3 is 2.68 bits per heavy atom. The van der Waals surface area contributed by atoms with Gasteiger partial charge in [-0.15, -0.1) is 0 Å². The lowest BCUT2D eigenvalue weighted by atomic mass is 10.1. The number of fused-ring (bicyclic) bond motifs is 1. The van der Waals surface area contributed by atoms with Gasteiger partial charge < -0.3 is 14.8 Å². The summed E-state index contributed by atoms with van der Waals surface area (Å²) in [6, 6.07) is 9.77. The van der Waals surface area contributed by atoms with E-state index in [0.717, 1.165) is 12.1 Å². The summed E-state index contributed by atoms with van der Waals surface area (Å²) in [5.41, 5.74) is -0.749. The highest BCUT2D eigenvalue weighted by atomic mass is 19.4. The predicted octanol–water partition coefficient (Wildman–Crippen LogP) is 3.06. The number of ether oxygens (including phenoxy) is 2. The molecule has 0 aliphatic carbocycles. The first-order valence-electron chi connectivity index (χ1n) is 8.17. The van der Waals surface area contributed by atoms with Crippen LogP contribution in [0.4, 0.5) is 18.9 Å². The molecule has 1 aromatic heterocycles. The van der Waals surface area contributed by atoms with Gasteiger partial charge in [0.15, 0.2) is 11.5 Å². The number of hydrogen-bond donors (Lipinski definition) is 1. The molecule has 144 valence electrons. The normalized spacial score (nSPS) is 15.9. The Hall–Kier alpha value is -3.56. The van der Waals surface area contributed by atoms with E-state index in [9.17, 15) is 18.0 Å². The van der Waals surface area contributed by atoms with Crippen LogP contribution in [0.3, 0.4) is 0 Å². The lowest BCUT2D eigenvalue weighted by Gasteiger charge is -2.26. The highest BCUT2D eigenvalue weighted by molar-refractivity contribution is 5.96. The third kappa shape index (κ3) is 3.48. The van der Waals surface area contributed by atoms with Crippen molar-refractivity contribution < 1.29 is 27.4 Å². The quantitative estimate of drug-likeness (QED) is 0.744. The summed E-state index contributed by atoms with van der Waals surface area (Å²) in [5, 5.41) is 6.38. The molecule has 2 heterocycles. The second-order valence-electron chi connectivity index (χ2n) is 5.92. The summed E-state index contributed by atoms with van der Waals surface area (Å²) in [6.07, 6.45) is -3.04. The Bertz CT molecular complexity index is 1010. The zero-order valence-electron chi connectivity index (χ0n) is 14.2. The summed E-state index contributed by atoms with van der Waals surface area (Å²) in [6.45, 7) is -0.0690. The number of rotatable bonds is 3. The number of para-hydroxylation sites is 2. The van der Waals surface area contributed by atoms with Gasteiger partial charge in [-0.2, -0.15) is 18.3 Å². The fourth-order valence-corrected chi connectivity index (χ4v) is 2.71. The van der Waals surface area contributed by atoms with E-state index in [2.05, 4.69) is 15.4 Å². The maximum Gasteiger partial charge on any atom is 0.416 e. The summed E-state index contributed by atoms with van der Waals surface area (Å²) < 4.78 is 51.7. The molecule has 0 unspecified atom stereocenters. The molecule has 3 aromatic rings. The number of benzene rings is 2. The zero-order valence-corrected chi connectivity index (χ0v) is 14.2. The van der Waals surface area contributed by atoms with Crippen molar-refractivity contribution in [3.05, 3.63) is 60.7 Å². The average Bonchev–Trinajstić information content (AvgIpc) is 3.21. The zero-order chi connectivity index (χ0) is 19.7. The fraction of sp³-hybridized carbons (Fsp3) is 0.167. The van der Waals surface area contributed by atoms with Gasteiger partial charge in [0.05, 0.1) is 16.9 Å². The van der Waals surface area contributed by atoms with E-state index in [1.54, 1.807) is 24.3 Å². The summed E-state index contributed by atoms with van der Waals surface area (Å²) in [4.78, 5) is 16.4. The van der Waals surface area contributed by atoms with Crippen LogP contribution in [-0.2, 0) is 11.0 Å². The Kier molecular flexibility index (Phi) is 4.38. The van der Waals surface area contributed by atoms with Gasteiger partial charge in [0.25, 0.3) is 5.91 Å². The van der Waals surface area contributed by atoms with Crippen molar-refractivity contribution >= 4 is 11.6 Å². The van der Waals surface area contributed by atoms with Crippen molar-refractivity contribution in [2.24, 2.45) is 0 Å². The number of nitrogens with one attached hydrogen (secondary N) is 1. The molecule has 28 heavy (non-hydrogen) atoms. The van der Waals surface area contributed by atoms with Gasteiger partial charge in [-0.05, 0) is 30.3 Å². The van der Waals surface area contributed by atoms with Gasteiger partial charge in [-0.3, -0.25) is 4.79 Å². The van der Waals surface area contributed by atoms with Crippen LogP contribution in [0.5, 0.6) is 11.5 Å². The number of alkyl halides is 3. The summed E-state index contributed by atoms with van der Waals surface area (Å²) in [5.74, 6) is 0.235. The first kappa shape index (κ1) is 17.8. The molecule has 0 fully saturated rings. The molecule has 0 spiro atoms. The molecule has 0 radical (unpaired) electrons. The van der Waals surface area contributed by atoms with Crippen molar-refractivity contribution in [2.45, 2.75) is 12.3 Å². The number of carbonyl (C=O) groups excluding carboxylic acids is 1. The highest BCUT2D eigenvalue weighted by Crippen LogP contribution is 2.34. The largest absolute Gasteiger partial charge is 0.485 e. The van der Waals surface area contributed by atoms with Crippen molar-refractivity contribution in [1.82, 2.24) is 14.8 Å². The van der Waals surface area contributed by atoms with E-state index in [1.165, 1.54) is 23.4 Å². The molecule has 2 aromatic carbocycles. The molecule has 1 aliphatic rings. The Balaban J connectivity index is 1.62. The van der Waals surface area contributed by atoms with Gasteiger partial charge in [0.2, 0.25) is 6.10 Å². The Labute approximate surface area is 156 Å². The minimum atomic E-state index is -4.57. The molecule has 1 atom stereocenters. The lowest BCUT2D eigenvalue weighted by molar-refractivity contribution is -0.137. The van der Waals surface area contributed by atoms with Gasteiger partial charge in [0.1, 0.15) is 19.3 Å². The SMILES string of the molecule is O=C(Nc1cc(C(F)(F)F)ccc1-n1cncn1)[C@@H]1COc2ccccc2O1. The van der Waals surface area contributed by atoms with Gasteiger partial charge >= 0.3 is 6.18 Å². The summed E-state index contributed by atoms with van der Waals surface area (Å²) >= 11 is 0. The van der Waals surface area contributed by atoms with Crippen LogP contribution < -0.4 is 14.8 Å². The minimum absolute atomic E-state index is 0.0690. The molecule has 4 rings (SSSR count). The Morgan fingerprint density at radius 1 is 1.18 bits per heavy atom. The molecule has 1 aliphatic heterocycles. The predicted molar refractivity (Wildman–Crippen MR) is 91.3 cm³/mol. The van der Waals surface area contributed by atoms with E-state index in [0.29, 0.717) is 11.5 Å². The first-order valence-corrected chi connectivity index (χ1v) is 8.17. The second-order valence-corrected chi connectivity index (χ2v) is 5.92. The van der Waals surface area contributed by atoms with Gasteiger partial charge in [-0.25, -0.2) is 9.67 Å². The van der Waals surface area contributed by atoms with Gasteiger partial charge in [0, 0.05) is 0 Å². The highest BCUT2D eigenvalue weighted by Gasteiger charge is 2.32. The topological polar surface area (TPSA) is 78.3 Å². The van der Waals surface area contributed by atoms with E-state index < -0.39 is 23.8 Å². The van der Waals surface area contributed by atoms with Crippen molar-refractivity contribution in [3.8, 4) is 17.2 Å². The van der Waals surface area contributed by atoms with Crippen LogP contribution in [0.2, 0.25) is 0 Å². The number of aromatic nitrogens is 3. The number of nitrogens with zero attached hydrogens (tertiary/aromatic N) is 3. The monoisotopic (exact) mass is 390 g/mol. The number of hydrogen-bond acceptors (Lipinski definition) is 5. The van der Waals surface area contributed by atoms with E-state index in [4.69, 9.17) is 9.47 Å². The van der Waals surface area contributed by atoms with Crippen LogP contribution in [0.25, 0.3) is 5.69 Å². The molecular formula is C18H13F3N4O3. The molecule has 0 bridgehead atoms. The third-order valence-electron chi connectivity index (χ3n) is 4.05. The first-order chi connectivity index (χ1) is 13.4. The second kappa shape index (κ2) is 6.87. The minimum Gasteiger partial charge on any atom is -0.485 e. The van der Waals surface area contributed by atoms with Crippen molar-refractivity contribution in [1.29, 1.82) is 0 Å². The molecule has 1 N–H and O–H groups in total. The molecule has 0 saturated heterocycles. The molecule has 1 amide bonds. The van der Waals surface area contributed by atoms with Gasteiger partial charge in [-0.1, -0.05) is 12.1 Å². The maximum absolute atomic E-state index is 13.1. The van der Waals surface area contributed by atoms with E-state index in [-0.39, 0.29) is 18.0 Å². The molecule has 7 nitrogen and oxygen atoms in total. The van der Waals surface area contributed by atoms with Crippen molar-refractivity contribution in [3.63, 3.8) is 0 Å². The fourth-order valence-electron chi connectivity index (χ4n) is 2.71. The van der Waals surface area contributed by atoms with Crippen LogP contribution in [0.1, 0.15) is 5.56 Å².